The fourth-order valence-electron chi connectivity index (χ4n) is 2.88. The Morgan fingerprint density at radius 3 is 2.88 bits per heavy atom. The summed E-state index contributed by atoms with van der Waals surface area (Å²) in [5, 5.41) is 1.65. The van der Waals surface area contributed by atoms with Crippen LogP contribution in [0.15, 0.2) is 35.4 Å². The second-order valence-electron chi connectivity index (χ2n) is 6.36. The van der Waals surface area contributed by atoms with E-state index in [0.717, 1.165) is 33.3 Å². The topological polar surface area (TPSA) is 53.9 Å². The van der Waals surface area contributed by atoms with Gasteiger partial charge in [-0.2, -0.15) is 0 Å². The van der Waals surface area contributed by atoms with Crippen molar-refractivity contribution in [2.45, 2.75) is 25.0 Å². The van der Waals surface area contributed by atoms with E-state index in [2.05, 4.69) is 35.4 Å². The molecule has 3 aromatic heterocycles. The molecule has 4 rings (SSSR count). The molecule has 3 heterocycles. The van der Waals surface area contributed by atoms with Crippen LogP contribution in [-0.2, 0) is 7.05 Å². The molecular formula is C18H20N4OS. The van der Waals surface area contributed by atoms with Gasteiger partial charge in [-0.25, -0.2) is 4.98 Å². The summed E-state index contributed by atoms with van der Waals surface area (Å²) in [6.07, 6.45) is 6.27. The smallest absolute Gasteiger partial charge is 0.274 e. The minimum Gasteiger partial charge on any atom is -0.357 e. The lowest BCUT2D eigenvalue weighted by atomic mass is 10.1. The summed E-state index contributed by atoms with van der Waals surface area (Å²) in [5.41, 5.74) is 3.62. The van der Waals surface area contributed by atoms with Crippen molar-refractivity contribution in [3.05, 3.63) is 46.5 Å². The molecule has 3 aromatic rings. The number of H-pyrrole nitrogens is 1. The van der Waals surface area contributed by atoms with Crippen molar-refractivity contribution in [3.8, 4) is 11.3 Å². The molecule has 1 N–H and O–H groups in total. The molecule has 0 aliphatic heterocycles. The summed E-state index contributed by atoms with van der Waals surface area (Å²) in [5.74, 6) is 0.949. The molecule has 0 unspecified atom stereocenters. The summed E-state index contributed by atoms with van der Waals surface area (Å²) in [6.45, 7) is 2.06. The number of nitrogens with one attached hydrogen (secondary N) is 1. The van der Waals surface area contributed by atoms with Crippen LogP contribution in [0.3, 0.4) is 0 Å². The van der Waals surface area contributed by atoms with Crippen molar-refractivity contribution in [3.63, 3.8) is 0 Å². The summed E-state index contributed by atoms with van der Waals surface area (Å²) in [6, 6.07) is 6.11. The number of aromatic nitrogens is 3. The molecule has 0 amide bonds. The van der Waals surface area contributed by atoms with Gasteiger partial charge in [0.1, 0.15) is 11.3 Å². The largest absolute Gasteiger partial charge is 0.357 e. The number of hydrogen-bond donors (Lipinski definition) is 1. The molecule has 1 aliphatic carbocycles. The van der Waals surface area contributed by atoms with Crippen LogP contribution in [0.2, 0.25) is 0 Å². The van der Waals surface area contributed by atoms with Crippen molar-refractivity contribution in [2.24, 2.45) is 7.05 Å². The van der Waals surface area contributed by atoms with Gasteiger partial charge < -0.3 is 13.9 Å². The van der Waals surface area contributed by atoms with Gasteiger partial charge in [0.2, 0.25) is 0 Å². The zero-order valence-electron chi connectivity index (χ0n) is 14.0. The van der Waals surface area contributed by atoms with Gasteiger partial charge in [-0.05, 0) is 49.4 Å². The number of nitrogens with zero attached hydrogens (tertiary/aromatic N) is 3. The number of rotatable bonds is 4. The van der Waals surface area contributed by atoms with E-state index in [-0.39, 0.29) is 5.56 Å². The van der Waals surface area contributed by atoms with Crippen molar-refractivity contribution < 1.29 is 0 Å². The Morgan fingerprint density at radius 1 is 1.33 bits per heavy atom. The maximum atomic E-state index is 12.3. The predicted molar refractivity (Wildman–Crippen MR) is 101 cm³/mol. The highest BCUT2D eigenvalue weighted by Gasteiger charge is 2.25. The van der Waals surface area contributed by atoms with Gasteiger partial charge in [0.05, 0.1) is 5.69 Å². The Kier molecular flexibility index (Phi) is 3.64. The van der Waals surface area contributed by atoms with Crippen molar-refractivity contribution >= 4 is 28.7 Å². The van der Waals surface area contributed by atoms with Crippen LogP contribution in [0, 0.1) is 6.92 Å². The van der Waals surface area contributed by atoms with Crippen molar-refractivity contribution in [1.29, 1.82) is 0 Å². The first-order valence-electron chi connectivity index (χ1n) is 8.10. The van der Waals surface area contributed by atoms with Crippen LogP contribution in [0.25, 0.3) is 22.2 Å². The van der Waals surface area contributed by atoms with Gasteiger partial charge >= 0.3 is 0 Å². The molecule has 1 aliphatic rings. The van der Waals surface area contributed by atoms with Gasteiger partial charge in [-0.1, -0.05) is 6.07 Å². The molecule has 6 heteroatoms. The van der Waals surface area contributed by atoms with E-state index in [1.807, 2.05) is 30.4 Å². The monoisotopic (exact) mass is 340 g/mol. The lowest BCUT2D eigenvalue weighted by molar-refractivity contribution is 0.871. The molecule has 1 fully saturated rings. The standard InChI is InChI=1S/C18H20N4OS/c1-11-4-7-15(22(3)24-12-5-6-12)20-16(11)14-10-21(2)18(23)17-13(14)8-9-19-17/h4,7-10,12,19H,5-6H2,1-3H3. The van der Waals surface area contributed by atoms with Crippen molar-refractivity contribution in [2.75, 3.05) is 11.4 Å². The van der Waals surface area contributed by atoms with Crippen LogP contribution >= 0.6 is 11.9 Å². The highest BCUT2D eigenvalue weighted by atomic mass is 32.2. The third-order valence-electron chi connectivity index (χ3n) is 4.39. The molecule has 1 saturated carbocycles. The van der Waals surface area contributed by atoms with E-state index in [0.29, 0.717) is 5.52 Å². The third-order valence-corrected chi connectivity index (χ3v) is 5.66. The molecule has 0 saturated heterocycles. The minimum absolute atomic E-state index is 0.0195. The highest BCUT2D eigenvalue weighted by Crippen LogP contribution is 2.38. The molecule has 5 nitrogen and oxygen atoms in total. The van der Waals surface area contributed by atoms with Crippen molar-refractivity contribution in [1.82, 2.24) is 14.5 Å². The van der Waals surface area contributed by atoms with Gasteiger partial charge in [0.15, 0.2) is 0 Å². The van der Waals surface area contributed by atoms with Gasteiger partial charge in [0, 0.05) is 42.7 Å². The first-order valence-corrected chi connectivity index (χ1v) is 8.93. The molecule has 0 radical (unpaired) electrons. The molecular weight excluding hydrogens is 320 g/mol. The number of aryl methyl sites for hydroxylation is 2. The average molecular weight is 340 g/mol. The molecule has 124 valence electrons. The summed E-state index contributed by atoms with van der Waals surface area (Å²) >= 11 is 1.85. The quantitative estimate of drug-likeness (QED) is 0.739. The number of hydrogen-bond acceptors (Lipinski definition) is 4. The van der Waals surface area contributed by atoms with Gasteiger partial charge in [0.25, 0.3) is 5.56 Å². The van der Waals surface area contributed by atoms with E-state index in [1.54, 1.807) is 11.6 Å². The molecule has 0 spiro atoms. The number of anilines is 1. The van der Waals surface area contributed by atoms with E-state index >= 15 is 0 Å². The second kappa shape index (κ2) is 5.70. The predicted octanol–water partition coefficient (Wildman–Crippen LogP) is 3.48. The lowest BCUT2D eigenvalue weighted by Gasteiger charge is -2.18. The van der Waals surface area contributed by atoms with Crippen LogP contribution in [-0.4, -0.2) is 26.8 Å². The van der Waals surface area contributed by atoms with Crippen LogP contribution in [0.1, 0.15) is 18.4 Å². The van der Waals surface area contributed by atoms with Gasteiger partial charge in [-0.3, -0.25) is 4.79 Å². The Balaban J connectivity index is 1.85. The first kappa shape index (κ1) is 15.3. The zero-order valence-corrected chi connectivity index (χ0v) is 14.9. The fourth-order valence-corrected chi connectivity index (χ4v) is 3.88. The average Bonchev–Trinajstić information content (AvgIpc) is 3.24. The maximum Gasteiger partial charge on any atom is 0.274 e. The van der Waals surface area contributed by atoms with Crippen LogP contribution in [0.4, 0.5) is 5.82 Å². The first-order chi connectivity index (χ1) is 11.5. The highest BCUT2D eigenvalue weighted by molar-refractivity contribution is 8.01. The van der Waals surface area contributed by atoms with E-state index in [1.165, 1.54) is 12.8 Å². The minimum atomic E-state index is -0.0195. The number of fused-ring (bicyclic) bond motifs is 1. The normalized spacial score (nSPS) is 14.3. The Morgan fingerprint density at radius 2 is 2.12 bits per heavy atom. The number of aromatic amines is 1. The summed E-state index contributed by atoms with van der Waals surface area (Å²) in [4.78, 5) is 20.2. The number of pyridine rings is 2. The van der Waals surface area contributed by atoms with E-state index in [9.17, 15) is 4.79 Å². The summed E-state index contributed by atoms with van der Waals surface area (Å²) < 4.78 is 3.77. The molecule has 24 heavy (non-hydrogen) atoms. The molecule has 0 atom stereocenters. The molecule has 0 aromatic carbocycles. The van der Waals surface area contributed by atoms with E-state index < -0.39 is 0 Å². The van der Waals surface area contributed by atoms with Crippen LogP contribution in [0.5, 0.6) is 0 Å². The fraction of sp³-hybridized carbons (Fsp3) is 0.333. The zero-order chi connectivity index (χ0) is 16.8. The van der Waals surface area contributed by atoms with Crippen LogP contribution < -0.4 is 9.86 Å². The SMILES string of the molecule is Cc1ccc(N(C)SC2CC2)nc1-c1cn(C)c(=O)c2[nH]ccc12. The van der Waals surface area contributed by atoms with E-state index in [4.69, 9.17) is 4.98 Å². The lowest BCUT2D eigenvalue weighted by Crippen LogP contribution is -2.17. The summed E-state index contributed by atoms with van der Waals surface area (Å²) in [7, 11) is 3.84. The third kappa shape index (κ3) is 2.60. The Labute approximate surface area is 144 Å². The van der Waals surface area contributed by atoms with Gasteiger partial charge in [-0.15, -0.1) is 0 Å². The molecule has 0 bridgehead atoms. The maximum absolute atomic E-state index is 12.3. The Bertz CT molecular complexity index is 971. The Hall–Kier alpha value is -2.21. The second-order valence-corrected chi connectivity index (χ2v) is 7.79.